The number of imide groups is 1. The average Bonchev–Trinajstić information content (AvgIpc) is 3.08. The van der Waals surface area contributed by atoms with Crippen molar-refractivity contribution in [2.75, 3.05) is 26.7 Å². The number of nitrogens with zero attached hydrogens (tertiary/aromatic N) is 2. The quantitative estimate of drug-likeness (QED) is 0.588. The molecule has 1 fully saturated rings. The van der Waals surface area contributed by atoms with Crippen LogP contribution < -0.4 is 10.1 Å². The number of fused-ring (bicyclic) bond motifs is 6. The third kappa shape index (κ3) is 2.90. The first kappa shape index (κ1) is 18.1. The SMILES string of the molecule is C=CC(=O)NCCCN1C(=O)C2CN(Cc3[nH]c4ccc(OC)cc4c32)C1=O. The molecule has 1 aromatic carbocycles. The van der Waals surface area contributed by atoms with Crippen LogP contribution in [0.5, 0.6) is 5.75 Å². The van der Waals surface area contributed by atoms with Crippen LogP contribution in [-0.4, -0.2) is 59.4 Å². The molecule has 2 aliphatic rings. The second-order valence-electron chi connectivity index (χ2n) is 6.98. The zero-order valence-corrected chi connectivity index (χ0v) is 15.7. The van der Waals surface area contributed by atoms with Crippen LogP contribution >= 0.6 is 0 Å². The molecule has 8 heteroatoms. The zero-order valence-electron chi connectivity index (χ0n) is 15.7. The Balaban J connectivity index is 1.59. The van der Waals surface area contributed by atoms with Gasteiger partial charge in [-0.2, -0.15) is 0 Å². The van der Waals surface area contributed by atoms with E-state index in [1.807, 2.05) is 18.2 Å². The molecule has 0 saturated carbocycles. The summed E-state index contributed by atoms with van der Waals surface area (Å²) in [7, 11) is 1.61. The number of hydrogen-bond donors (Lipinski definition) is 2. The third-order valence-corrected chi connectivity index (χ3v) is 5.34. The van der Waals surface area contributed by atoms with Crippen molar-refractivity contribution in [1.29, 1.82) is 0 Å². The summed E-state index contributed by atoms with van der Waals surface area (Å²) in [6.07, 6.45) is 1.69. The van der Waals surface area contributed by atoms with Crippen molar-refractivity contribution in [2.24, 2.45) is 0 Å². The van der Waals surface area contributed by atoms with E-state index in [-0.39, 0.29) is 24.4 Å². The van der Waals surface area contributed by atoms with Gasteiger partial charge in [0.15, 0.2) is 0 Å². The lowest BCUT2D eigenvalue weighted by atomic mass is 9.89. The maximum atomic E-state index is 13.1. The molecular weight excluding hydrogens is 360 g/mol. The van der Waals surface area contributed by atoms with Gasteiger partial charge in [0.05, 0.1) is 19.6 Å². The standard InChI is InChI=1S/C20H22N4O4/c1-3-17(25)21-7-4-8-24-19(26)14-10-23(20(24)27)11-16-18(14)13-9-12(28-2)5-6-15(13)22-16/h3,5-6,9,14,22H,1,4,7-8,10-11H2,2H3,(H,21,25). The first-order chi connectivity index (χ1) is 13.5. The molecule has 2 bridgehead atoms. The van der Waals surface area contributed by atoms with Crippen molar-refractivity contribution in [3.05, 3.63) is 42.1 Å². The first-order valence-corrected chi connectivity index (χ1v) is 9.22. The predicted molar refractivity (Wildman–Crippen MR) is 103 cm³/mol. The second-order valence-corrected chi connectivity index (χ2v) is 6.98. The van der Waals surface area contributed by atoms with E-state index in [1.165, 1.54) is 11.0 Å². The number of aromatic amines is 1. The normalized spacial score (nSPS) is 18.2. The largest absolute Gasteiger partial charge is 0.497 e. The molecule has 3 heterocycles. The molecule has 1 atom stereocenters. The molecule has 0 aliphatic carbocycles. The van der Waals surface area contributed by atoms with Gasteiger partial charge in [-0.3, -0.25) is 14.5 Å². The molecule has 1 unspecified atom stereocenters. The van der Waals surface area contributed by atoms with Crippen LogP contribution in [0.1, 0.15) is 23.6 Å². The van der Waals surface area contributed by atoms with Crippen LogP contribution in [0.25, 0.3) is 10.9 Å². The number of rotatable bonds is 6. The molecular formula is C20H22N4O4. The van der Waals surface area contributed by atoms with Crippen LogP contribution in [0, 0.1) is 0 Å². The highest BCUT2D eigenvalue weighted by Crippen LogP contribution is 2.39. The Hall–Kier alpha value is -3.29. The van der Waals surface area contributed by atoms with Gasteiger partial charge < -0.3 is 19.9 Å². The minimum Gasteiger partial charge on any atom is -0.497 e. The van der Waals surface area contributed by atoms with Gasteiger partial charge in [-0.1, -0.05) is 6.58 Å². The summed E-state index contributed by atoms with van der Waals surface area (Å²) in [4.78, 5) is 43.5. The van der Waals surface area contributed by atoms with E-state index in [9.17, 15) is 14.4 Å². The molecule has 146 valence electrons. The van der Waals surface area contributed by atoms with Crippen molar-refractivity contribution >= 4 is 28.7 Å². The van der Waals surface area contributed by atoms with Crippen LogP contribution in [0.3, 0.4) is 0 Å². The molecule has 4 rings (SSSR count). The third-order valence-electron chi connectivity index (χ3n) is 5.34. The van der Waals surface area contributed by atoms with Gasteiger partial charge in [0.2, 0.25) is 11.8 Å². The molecule has 4 amide bonds. The maximum absolute atomic E-state index is 13.1. The summed E-state index contributed by atoms with van der Waals surface area (Å²) in [5.41, 5.74) is 2.78. The highest BCUT2D eigenvalue weighted by atomic mass is 16.5. The van der Waals surface area contributed by atoms with Gasteiger partial charge in [-0.25, -0.2) is 4.79 Å². The van der Waals surface area contributed by atoms with Crippen molar-refractivity contribution in [3.8, 4) is 5.75 Å². The Labute approximate surface area is 162 Å². The molecule has 0 radical (unpaired) electrons. The number of hydrogen-bond acceptors (Lipinski definition) is 4. The van der Waals surface area contributed by atoms with E-state index in [2.05, 4.69) is 16.9 Å². The fourth-order valence-electron chi connectivity index (χ4n) is 3.99. The fourth-order valence-corrected chi connectivity index (χ4v) is 3.99. The number of methoxy groups -OCH3 is 1. The summed E-state index contributed by atoms with van der Waals surface area (Å²) in [5, 5.41) is 3.62. The molecule has 1 saturated heterocycles. The van der Waals surface area contributed by atoms with Gasteiger partial charge >= 0.3 is 6.03 Å². The number of urea groups is 1. The summed E-state index contributed by atoms with van der Waals surface area (Å²) in [6.45, 7) is 4.87. The smallest absolute Gasteiger partial charge is 0.327 e. The topological polar surface area (TPSA) is 94.7 Å². The van der Waals surface area contributed by atoms with E-state index in [1.54, 1.807) is 12.0 Å². The molecule has 8 nitrogen and oxygen atoms in total. The summed E-state index contributed by atoms with van der Waals surface area (Å²) in [5.74, 6) is -0.133. The maximum Gasteiger partial charge on any atom is 0.327 e. The van der Waals surface area contributed by atoms with Crippen LogP contribution in [-0.2, 0) is 16.1 Å². The number of carbonyl (C=O) groups excluding carboxylic acids is 3. The first-order valence-electron chi connectivity index (χ1n) is 9.22. The van der Waals surface area contributed by atoms with Gasteiger partial charge in [-0.05, 0) is 36.3 Å². The van der Waals surface area contributed by atoms with E-state index in [0.29, 0.717) is 26.1 Å². The minimum absolute atomic E-state index is 0.194. The van der Waals surface area contributed by atoms with Crippen molar-refractivity contribution < 1.29 is 19.1 Å². The Bertz CT molecular complexity index is 980. The van der Waals surface area contributed by atoms with Crippen molar-refractivity contribution in [2.45, 2.75) is 18.9 Å². The number of ether oxygens (including phenoxy) is 1. The lowest BCUT2D eigenvalue weighted by Gasteiger charge is -2.42. The Morgan fingerprint density at radius 1 is 1.43 bits per heavy atom. The average molecular weight is 382 g/mol. The van der Waals surface area contributed by atoms with E-state index < -0.39 is 5.92 Å². The lowest BCUT2D eigenvalue weighted by Crippen LogP contribution is -2.57. The van der Waals surface area contributed by atoms with E-state index >= 15 is 0 Å². The molecule has 1 aromatic heterocycles. The zero-order chi connectivity index (χ0) is 19.8. The molecule has 0 spiro atoms. The second kappa shape index (κ2) is 7.03. The highest BCUT2D eigenvalue weighted by molar-refractivity contribution is 6.04. The summed E-state index contributed by atoms with van der Waals surface area (Å²) < 4.78 is 5.33. The molecule has 2 aromatic rings. The fraction of sp³-hybridized carbons (Fsp3) is 0.350. The van der Waals surface area contributed by atoms with Crippen LogP contribution in [0.4, 0.5) is 4.79 Å². The van der Waals surface area contributed by atoms with Crippen LogP contribution in [0.2, 0.25) is 0 Å². The monoisotopic (exact) mass is 382 g/mol. The minimum atomic E-state index is -0.398. The summed E-state index contributed by atoms with van der Waals surface area (Å²) in [6, 6.07) is 5.45. The van der Waals surface area contributed by atoms with Gasteiger partial charge in [-0.15, -0.1) is 0 Å². The van der Waals surface area contributed by atoms with E-state index in [0.717, 1.165) is 27.9 Å². The lowest BCUT2D eigenvalue weighted by molar-refractivity contribution is -0.133. The van der Waals surface area contributed by atoms with Gasteiger partial charge in [0.25, 0.3) is 0 Å². The van der Waals surface area contributed by atoms with Crippen molar-refractivity contribution in [3.63, 3.8) is 0 Å². The van der Waals surface area contributed by atoms with Gasteiger partial charge in [0.1, 0.15) is 5.75 Å². The molecule has 2 aliphatic heterocycles. The predicted octanol–water partition coefficient (Wildman–Crippen LogP) is 1.73. The van der Waals surface area contributed by atoms with Gasteiger partial charge in [0, 0.05) is 36.2 Å². The Morgan fingerprint density at radius 3 is 3.00 bits per heavy atom. The highest BCUT2D eigenvalue weighted by Gasteiger charge is 2.44. The Kier molecular flexibility index (Phi) is 4.54. The van der Waals surface area contributed by atoms with Crippen molar-refractivity contribution in [1.82, 2.24) is 20.1 Å². The number of benzene rings is 1. The number of carbonyl (C=O) groups is 3. The number of nitrogens with one attached hydrogen (secondary N) is 2. The summed E-state index contributed by atoms with van der Waals surface area (Å²) >= 11 is 0. The van der Waals surface area contributed by atoms with Crippen LogP contribution in [0.15, 0.2) is 30.9 Å². The number of aromatic nitrogens is 1. The molecule has 28 heavy (non-hydrogen) atoms. The number of H-pyrrole nitrogens is 1. The molecule has 2 N–H and O–H groups in total. The van der Waals surface area contributed by atoms with E-state index in [4.69, 9.17) is 4.74 Å². The Morgan fingerprint density at radius 2 is 2.25 bits per heavy atom. The number of amides is 4.